The maximum absolute atomic E-state index is 12.6. The first-order valence-corrected chi connectivity index (χ1v) is 8.35. The highest BCUT2D eigenvalue weighted by atomic mass is 16.2. The molecule has 0 radical (unpaired) electrons. The number of carbonyl (C=O) groups excluding carboxylic acids is 2. The second-order valence-electron chi connectivity index (χ2n) is 6.96. The molecule has 0 unspecified atom stereocenters. The van der Waals surface area contributed by atoms with Gasteiger partial charge in [0.05, 0.1) is 0 Å². The summed E-state index contributed by atoms with van der Waals surface area (Å²) in [5.74, 6) is -0.0838. The summed E-state index contributed by atoms with van der Waals surface area (Å²) in [4.78, 5) is 26.8. The van der Waals surface area contributed by atoms with Gasteiger partial charge in [-0.3, -0.25) is 9.59 Å². The molecular formula is C19H30N2O2. The van der Waals surface area contributed by atoms with Crippen LogP contribution in [0.4, 0.5) is 0 Å². The van der Waals surface area contributed by atoms with E-state index >= 15 is 0 Å². The predicted molar refractivity (Wildman–Crippen MR) is 94.0 cm³/mol. The van der Waals surface area contributed by atoms with Crippen molar-refractivity contribution in [2.45, 2.75) is 72.5 Å². The molecule has 23 heavy (non-hydrogen) atoms. The Balaban J connectivity index is 3.06. The average molecular weight is 318 g/mol. The molecule has 128 valence electrons. The lowest BCUT2D eigenvalue weighted by Gasteiger charge is -2.33. The van der Waals surface area contributed by atoms with E-state index in [4.69, 9.17) is 0 Å². The zero-order valence-corrected chi connectivity index (χ0v) is 15.3. The number of rotatable bonds is 6. The third-order valence-electron chi connectivity index (χ3n) is 3.79. The Morgan fingerprint density at radius 3 is 2.26 bits per heavy atom. The van der Waals surface area contributed by atoms with Gasteiger partial charge in [-0.05, 0) is 45.2 Å². The second kappa shape index (κ2) is 8.14. The van der Waals surface area contributed by atoms with E-state index < -0.39 is 6.04 Å². The molecule has 2 amide bonds. The van der Waals surface area contributed by atoms with Crippen molar-refractivity contribution in [2.24, 2.45) is 0 Å². The Labute approximate surface area is 140 Å². The van der Waals surface area contributed by atoms with Crippen LogP contribution in [0.15, 0.2) is 24.3 Å². The number of hydrogen-bond donors (Lipinski definition) is 1. The van der Waals surface area contributed by atoms with E-state index in [1.807, 2.05) is 65.8 Å². The van der Waals surface area contributed by atoms with Gasteiger partial charge in [-0.2, -0.15) is 0 Å². The highest BCUT2D eigenvalue weighted by Gasteiger charge is 2.29. The van der Waals surface area contributed by atoms with Gasteiger partial charge in [0.2, 0.25) is 11.8 Å². The quantitative estimate of drug-likeness (QED) is 0.873. The normalized spacial score (nSPS) is 12.6. The number of amides is 2. The van der Waals surface area contributed by atoms with Crippen molar-refractivity contribution >= 4 is 11.8 Å². The fraction of sp³-hybridized carbons (Fsp3) is 0.579. The summed E-state index contributed by atoms with van der Waals surface area (Å²) >= 11 is 0. The number of nitrogens with zero attached hydrogens (tertiary/aromatic N) is 1. The molecule has 1 aromatic rings. The van der Waals surface area contributed by atoms with Gasteiger partial charge < -0.3 is 10.2 Å². The largest absolute Gasteiger partial charge is 0.350 e. The van der Waals surface area contributed by atoms with Crippen LogP contribution >= 0.6 is 0 Å². The van der Waals surface area contributed by atoms with E-state index in [0.29, 0.717) is 19.4 Å². The molecule has 4 nitrogen and oxygen atoms in total. The molecule has 0 aliphatic carbocycles. The zero-order chi connectivity index (χ0) is 17.6. The van der Waals surface area contributed by atoms with E-state index in [0.717, 1.165) is 11.1 Å². The van der Waals surface area contributed by atoms with Crippen LogP contribution in [0.25, 0.3) is 0 Å². The smallest absolute Gasteiger partial charge is 0.243 e. The van der Waals surface area contributed by atoms with E-state index in [1.54, 1.807) is 4.90 Å². The van der Waals surface area contributed by atoms with Crippen molar-refractivity contribution in [1.82, 2.24) is 10.2 Å². The number of benzene rings is 1. The minimum atomic E-state index is -0.443. The minimum absolute atomic E-state index is 0.00385. The molecular weight excluding hydrogens is 288 g/mol. The maximum Gasteiger partial charge on any atom is 0.243 e. The highest BCUT2D eigenvalue weighted by Crippen LogP contribution is 2.17. The summed E-state index contributed by atoms with van der Waals surface area (Å²) < 4.78 is 0. The SMILES string of the molecule is CCC(=O)N(Cc1ccccc1C)[C@@H](CC)C(=O)NC(C)(C)C. The topological polar surface area (TPSA) is 49.4 Å². The summed E-state index contributed by atoms with van der Waals surface area (Å²) in [6.45, 7) is 12.1. The summed E-state index contributed by atoms with van der Waals surface area (Å²) in [7, 11) is 0. The van der Waals surface area contributed by atoms with Crippen LogP contribution in [-0.2, 0) is 16.1 Å². The van der Waals surface area contributed by atoms with Crippen LogP contribution in [0.1, 0.15) is 58.6 Å². The second-order valence-corrected chi connectivity index (χ2v) is 6.96. The summed E-state index contributed by atoms with van der Waals surface area (Å²) in [5.41, 5.74) is 1.90. The van der Waals surface area contributed by atoms with Crippen LogP contribution in [0.3, 0.4) is 0 Å². The number of carbonyl (C=O) groups is 2. The lowest BCUT2D eigenvalue weighted by Crippen LogP contribution is -2.53. The molecule has 0 fully saturated rings. The molecule has 0 saturated heterocycles. The molecule has 1 aromatic carbocycles. The van der Waals surface area contributed by atoms with E-state index in [1.165, 1.54) is 0 Å². The van der Waals surface area contributed by atoms with Crippen LogP contribution < -0.4 is 5.32 Å². The first kappa shape index (κ1) is 19.2. The van der Waals surface area contributed by atoms with Crippen LogP contribution in [-0.4, -0.2) is 28.3 Å². The Morgan fingerprint density at radius 2 is 1.78 bits per heavy atom. The summed E-state index contributed by atoms with van der Waals surface area (Å²) in [6.07, 6.45) is 0.991. The molecule has 0 bridgehead atoms. The Bertz CT molecular complexity index is 547. The monoisotopic (exact) mass is 318 g/mol. The maximum atomic E-state index is 12.6. The van der Waals surface area contributed by atoms with Crippen molar-refractivity contribution in [1.29, 1.82) is 0 Å². The molecule has 0 aromatic heterocycles. The van der Waals surface area contributed by atoms with Crippen LogP contribution in [0.5, 0.6) is 0 Å². The predicted octanol–water partition coefficient (Wildman–Crippen LogP) is 3.43. The molecule has 0 heterocycles. The van der Waals surface area contributed by atoms with E-state index in [-0.39, 0.29) is 17.4 Å². The fourth-order valence-electron chi connectivity index (χ4n) is 2.55. The van der Waals surface area contributed by atoms with Gasteiger partial charge in [0, 0.05) is 18.5 Å². The number of hydrogen-bond acceptors (Lipinski definition) is 2. The van der Waals surface area contributed by atoms with Crippen molar-refractivity contribution < 1.29 is 9.59 Å². The minimum Gasteiger partial charge on any atom is -0.350 e. The van der Waals surface area contributed by atoms with E-state index in [2.05, 4.69) is 5.32 Å². The van der Waals surface area contributed by atoms with Crippen LogP contribution in [0.2, 0.25) is 0 Å². The first-order chi connectivity index (χ1) is 10.7. The zero-order valence-electron chi connectivity index (χ0n) is 15.3. The van der Waals surface area contributed by atoms with Gasteiger partial charge in [0.1, 0.15) is 6.04 Å². The highest BCUT2D eigenvalue weighted by molar-refractivity contribution is 5.88. The molecule has 0 aliphatic rings. The van der Waals surface area contributed by atoms with Gasteiger partial charge in [0.15, 0.2) is 0 Å². The number of aryl methyl sites for hydroxylation is 1. The summed E-state index contributed by atoms with van der Waals surface area (Å²) in [6, 6.07) is 7.54. The van der Waals surface area contributed by atoms with Crippen LogP contribution in [0, 0.1) is 6.92 Å². The molecule has 1 atom stereocenters. The third kappa shape index (κ3) is 5.70. The summed E-state index contributed by atoms with van der Waals surface area (Å²) in [5, 5.41) is 3.00. The van der Waals surface area contributed by atoms with Gasteiger partial charge in [-0.25, -0.2) is 0 Å². The van der Waals surface area contributed by atoms with Gasteiger partial charge in [-0.15, -0.1) is 0 Å². The Kier molecular flexibility index (Phi) is 6.79. The number of nitrogens with one attached hydrogen (secondary N) is 1. The van der Waals surface area contributed by atoms with Gasteiger partial charge >= 0.3 is 0 Å². The molecule has 4 heteroatoms. The molecule has 1 N–H and O–H groups in total. The molecule has 0 aliphatic heterocycles. The molecule has 1 rings (SSSR count). The first-order valence-electron chi connectivity index (χ1n) is 8.35. The average Bonchev–Trinajstić information content (AvgIpc) is 2.46. The van der Waals surface area contributed by atoms with Crippen molar-refractivity contribution in [3.05, 3.63) is 35.4 Å². The third-order valence-corrected chi connectivity index (χ3v) is 3.79. The van der Waals surface area contributed by atoms with Crippen molar-refractivity contribution in [2.75, 3.05) is 0 Å². The van der Waals surface area contributed by atoms with Gasteiger partial charge in [0.25, 0.3) is 0 Å². The van der Waals surface area contributed by atoms with Crippen molar-refractivity contribution in [3.63, 3.8) is 0 Å². The Morgan fingerprint density at radius 1 is 1.17 bits per heavy atom. The Hall–Kier alpha value is -1.84. The van der Waals surface area contributed by atoms with Crippen molar-refractivity contribution in [3.8, 4) is 0 Å². The van der Waals surface area contributed by atoms with Gasteiger partial charge in [-0.1, -0.05) is 38.1 Å². The molecule has 0 saturated carbocycles. The lowest BCUT2D eigenvalue weighted by molar-refractivity contribution is -0.141. The lowest BCUT2D eigenvalue weighted by atomic mass is 10.0. The standard InChI is InChI=1S/C19H30N2O2/c1-7-16(18(23)20-19(4,5)6)21(17(22)8-2)13-15-12-10-9-11-14(15)3/h9-12,16H,7-8,13H2,1-6H3,(H,20,23)/t16-/m0/s1. The van der Waals surface area contributed by atoms with E-state index in [9.17, 15) is 9.59 Å². The fourth-order valence-corrected chi connectivity index (χ4v) is 2.55. The molecule has 0 spiro atoms.